The smallest absolute Gasteiger partial charge is 0.313 e. The zero-order chi connectivity index (χ0) is 14.7. The van der Waals surface area contributed by atoms with Crippen LogP contribution in [0.25, 0.3) is 0 Å². The van der Waals surface area contributed by atoms with Crippen molar-refractivity contribution in [2.75, 3.05) is 11.9 Å². The monoisotopic (exact) mass is 386 g/mol. The van der Waals surface area contributed by atoms with Crippen LogP contribution in [-0.2, 0) is 9.59 Å². The standard InChI is InChI=1S/C15H19IN2O2/c1-10-9-12(16)6-7-13(10)17-14(19)15(20)18-8-4-3-5-11(18)2/h6-7,9,11H,3-5,8H2,1-2H3,(H,17,19). The van der Waals surface area contributed by atoms with E-state index in [2.05, 4.69) is 27.9 Å². The van der Waals surface area contributed by atoms with Crippen LogP contribution in [-0.4, -0.2) is 29.3 Å². The SMILES string of the molecule is Cc1cc(I)ccc1NC(=O)C(=O)N1CCCCC1C. The van der Waals surface area contributed by atoms with Crippen molar-refractivity contribution in [3.8, 4) is 0 Å². The summed E-state index contributed by atoms with van der Waals surface area (Å²) in [5.41, 5.74) is 1.66. The molecule has 0 bridgehead atoms. The highest BCUT2D eigenvalue weighted by Crippen LogP contribution is 2.19. The molecule has 0 radical (unpaired) electrons. The van der Waals surface area contributed by atoms with Gasteiger partial charge in [0.1, 0.15) is 0 Å². The molecular weight excluding hydrogens is 367 g/mol. The number of carbonyl (C=O) groups excluding carboxylic acids is 2. The van der Waals surface area contributed by atoms with E-state index in [-0.39, 0.29) is 6.04 Å². The second-order valence-electron chi connectivity index (χ2n) is 5.26. The second kappa shape index (κ2) is 6.56. The van der Waals surface area contributed by atoms with E-state index in [1.54, 1.807) is 4.90 Å². The summed E-state index contributed by atoms with van der Waals surface area (Å²) < 4.78 is 1.11. The van der Waals surface area contributed by atoms with E-state index in [1.807, 2.05) is 32.0 Å². The number of likely N-dealkylation sites (tertiary alicyclic amines) is 1. The van der Waals surface area contributed by atoms with Crippen molar-refractivity contribution in [1.29, 1.82) is 0 Å². The number of anilines is 1. The van der Waals surface area contributed by atoms with Crippen LogP contribution in [0.4, 0.5) is 5.69 Å². The topological polar surface area (TPSA) is 49.4 Å². The summed E-state index contributed by atoms with van der Waals surface area (Å²) in [6, 6.07) is 5.88. The predicted molar refractivity (Wildman–Crippen MR) is 87.6 cm³/mol. The van der Waals surface area contributed by atoms with Crippen LogP contribution in [0.5, 0.6) is 0 Å². The average Bonchev–Trinajstić information content (AvgIpc) is 2.41. The number of hydrogen-bond donors (Lipinski definition) is 1. The maximum atomic E-state index is 12.2. The number of halogens is 1. The maximum absolute atomic E-state index is 12.2. The highest BCUT2D eigenvalue weighted by atomic mass is 127. The van der Waals surface area contributed by atoms with Gasteiger partial charge in [0.05, 0.1) is 0 Å². The average molecular weight is 386 g/mol. The lowest BCUT2D eigenvalue weighted by atomic mass is 10.0. The molecule has 1 fully saturated rings. The van der Waals surface area contributed by atoms with E-state index in [4.69, 9.17) is 0 Å². The molecule has 0 saturated carbocycles. The molecule has 1 heterocycles. The Bertz CT molecular complexity index is 531. The van der Waals surface area contributed by atoms with E-state index >= 15 is 0 Å². The number of hydrogen-bond acceptors (Lipinski definition) is 2. The Kier molecular flexibility index (Phi) is 5.01. The van der Waals surface area contributed by atoms with Gasteiger partial charge in [-0.1, -0.05) is 0 Å². The van der Waals surface area contributed by atoms with Crippen LogP contribution in [0.15, 0.2) is 18.2 Å². The van der Waals surface area contributed by atoms with E-state index < -0.39 is 11.8 Å². The van der Waals surface area contributed by atoms with Gasteiger partial charge in [-0.15, -0.1) is 0 Å². The quantitative estimate of drug-likeness (QED) is 0.596. The Morgan fingerprint density at radius 2 is 2.10 bits per heavy atom. The van der Waals surface area contributed by atoms with E-state index in [0.29, 0.717) is 12.2 Å². The number of nitrogens with zero attached hydrogens (tertiary/aromatic N) is 1. The third-order valence-corrected chi connectivity index (χ3v) is 4.37. The molecule has 1 saturated heterocycles. The molecule has 1 N–H and O–H groups in total. The fourth-order valence-electron chi connectivity index (χ4n) is 2.47. The Hall–Kier alpha value is -1.11. The second-order valence-corrected chi connectivity index (χ2v) is 6.50. The normalized spacial score (nSPS) is 18.8. The number of carbonyl (C=O) groups is 2. The van der Waals surface area contributed by atoms with Gasteiger partial charge in [0.15, 0.2) is 0 Å². The lowest BCUT2D eigenvalue weighted by Gasteiger charge is -2.32. The van der Waals surface area contributed by atoms with Gasteiger partial charge in [-0.2, -0.15) is 0 Å². The van der Waals surface area contributed by atoms with E-state index in [0.717, 1.165) is 28.4 Å². The first kappa shape index (κ1) is 15.3. The number of amides is 2. The summed E-state index contributed by atoms with van der Waals surface area (Å²) in [5.74, 6) is -0.960. The minimum absolute atomic E-state index is 0.153. The molecule has 2 amide bonds. The molecule has 1 aromatic carbocycles. The summed E-state index contributed by atoms with van der Waals surface area (Å²) in [4.78, 5) is 26.0. The van der Waals surface area contributed by atoms with Crippen LogP contribution >= 0.6 is 22.6 Å². The molecule has 1 aliphatic rings. The zero-order valence-electron chi connectivity index (χ0n) is 11.8. The van der Waals surface area contributed by atoms with Gasteiger partial charge in [-0.3, -0.25) is 9.59 Å². The fourth-order valence-corrected chi connectivity index (χ4v) is 3.12. The van der Waals surface area contributed by atoms with Crippen molar-refractivity contribution >= 4 is 40.1 Å². The van der Waals surface area contributed by atoms with Gasteiger partial charge in [-0.25, -0.2) is 0 Å². The molecule has 5 heteroatoms. The number of rotatable bonds is 1. The maximum Gasteiger partial charge on any atom is 0.313 e. The summed E-state index contributed by atoms with van der Waals surface area (Å²) in [6.07, 6.45) is 3.08. The van der Waals surface area contributed by atoms with Crippen molar-refractivity contribution in [3.05, 3.63) is 27.3 Å². The van der Waals surface area contributed by atoms with Crippen molar-refractivity contribution in [1.82, 2.24) is 4.90 Å². The Balaban J connectivity index is 2.05. The van der Waals surface area contributed by atoms with Crippen LogP contribution in [0.3, 0.4) is 0 Å². The Morgan fingerprint density at radius 3 is 2.75 bits per heavy atom. The summed E-state index contributed by atoms with van der Waals surface area (Å²) in [6.45, 7) is 4.60. The summed E-state index contributed by atoms with van der Waals surface area (Å²) in [5, 5.41) is 2.72. The molecule has 20 heavy (non-hydrogen) atoms. The van der Waals surface area contributed by atoms with Gasteiger partial charge in [0.25, 0.3) is 0 Å². The Morgan fingerprint density at radius 1 is 1.35 bits per heavy atom. The lowest BCUT2D eigenvalue weighted by molar-refractivity contribution is -0.145. The van der Waals surface area contributed by atoms with Gasteiger partial charge in [-0.05, 0) is 79.5 Å². The lowest BCUT2D eigenvalue weighted by Crippen LogP contribution is -2.47. The van der Waals surface area contributed by atoms with Crippen LogP contribution in [0, 0.1) is 10.5 Å². The molecule has 0 aromatic heterocycles. The zero-order valence-corrected chi connectivity index (χ0v) is 13.9. The molecule has 1 aliphatic heterocycles. The first-order valence-electron chi connectivity index (χ1n) is 6.87. The molecular formula is C15H19IN2O2. The first-order chi connectivity index (χ1) is 9.49. The number of nitrogens with one attached hydrogen (secondary N) is 1. The third-order valence-electron chi connectivity index (χ3n) is 3.69. The van der Waals surface area contributed by atoms with Crippen molar-refractivity contribution in [3.63, 3.8) is 0 Å². The van der Waals surface area contributed by atoms with Gasteiger partial charge in [0.2, 0.25) is 0 Å². The van der Waals surface area contributed by atoms with Gasteiger partial charge in [0, 0.05) is 21.8 Å². The van der Waals surface area contributed by atoms with Crippen molar-refractivity contribution in [2.45, 2.75) is 39.2 Å². The highest BCUT2D eigenvalue weighted by molar-refractivity contribution is 14.1. The largest absolute Gasteiger partial charge is 0.332 e. The van der Waals surface area contributed by atoms with Crippen LogP contribution < -0.4 is 5.32 Å². The van der Waals surface area contributed by atoms with E-state index in [9.17, 15) is 9.59 Å². The van der Waals surface area contributed by atoms with Gasteiger partial charge >= 0.3 is 11.8 Å². The Labute approximate surface area is 133 Å². The number of benzene rings is 1. The fraction of sp³-hybridized carbons (Fsp3) is 0.467. The first-order valence-corrected chi connectivity index (χ1v) is 7.95. The molecule has 1 aromatic rings. The minimum Gasteiger partial charge on any atom is -0.332 e. The third kappa shape index (κ3) is 3.50. The number of piperidine rings is 1. The van der Waals surface area contributed by atoms with Crippen LogP contribution in [0.2, 0.25) is 0 Å². The molecule has 0 spiro atoms. The van der Waals surface area contributed by atoms with Crippen LogP contribution in [0.1, 0.15) is 31.7 Å². The molecule has 108 valence electrons. The predicted octanol–water partition coefficient (Wildman–Crippen LogP) is 2.94. The number of aryl methyl sites for hydroxylation is 1. The van der Waals surface area contributed by atoms with Gasteiger partial charge < -0.3 is 10.2 Å². The molecule has 1 unspecified atom stereocenters. The molecule has 0 aliphatic carbocycles. The highest BCUT2D eigenvalue weighted by Gasteiger charge is 2.28. The summed E-state index contributed by atoms with van der Waals surface area (Å²) >= 11 is 2.22. The molecule has 1 atom stereocenters. The van der Waals surface area contributed by atoms with Crippen molar-refractivity contribution < 1.29 is 9.59 Å². The molecule has 4 nitrogen and oxygen atoms in total. The summed E-state index contributed by atoms with van der Waals surface area (Å²) in [7, 11) is 0. The minimum atomic E-state index is -0.539. The molecule has 2 rings (SSSR count). The van der Waals surface area contributed by atoms with Crippen molar-refractivity contribution in [2.24, 2.45) is 0 Å². The van der Waals surface area contributed by atoms with E-state index in [1.165, 1.54) is 0 Å².